The van der Waals surface area contributed by atoms with Crippen LogP contribution in [0.2, 0.25) is 0 Å². The second-order valence-corrected chi connectivity index (χ2v) is 12.7. The van der Waals surface area contributed by atoms with Gasteiger partial charge >= 0.3 is 5.97 Å². The third kappa shape index (κ3) is 4.92. The van der Waals surface area contributed by atoms with Crippen molar-refractivity contribution in [1.29, 1.82) is 5.26 Å². The number of nitrogens with zero attached hydrogens (tertiary/aromatic N) is 2. The lowest BCUT2D eigenvalue weighted by Gasteiger charge is -2.20. The first-order valence-electron chi connectivity index (χ1n) is 13.6. The van der Waals surface area contributed by atoms with Crippen LogP contribution in [0, 0.1) is 18.3 Å². The minimum Gasteiger partial charge on any atom is -0.481 e. The Labute approximate surface area is 253 Å². The highest BCUT2D eigenvalue weighted by Crippen LogP contribution is 2.46. The Hall–Kier alpha value is -4.57. The maximum atomic E-state index is 12.0. The van der Waals surface area contributed by atoms with Crippen LogP contribution in [0.3, 0.4) is 0 Å². The average molecular weight is 585 g/mol. The van der Waals surface area contributed by atoms with Crippen molar-refractivity contribution in [2.75, 3.05) is 0 Å². The smallest absolute Gasteiger partial charge is 0.313 e. The number of aryl methyl sites for hydroxylation is 1. The number of thiophene rings is 1. The molecule has 4 aromatic carbocycles. The van der Waals surface area contributed by atoms with Crippen LogP contribution < -0.4 is 0 Å². The molecule has 1 N–H and O–H groups in total. The van der Waals surface area contributed by atoms with Crippen molar-refractivity contribution >= 4 is 40.2 Å². The molecule has 2 heterocycles. The van der Waals surface area contributed by atoms with Gasteiger partial charge in [-0.05, 0) is 85.1 Å². The number of hydrogen-bond acceptors (Lipinski definition) is 4. The van der Waals surface area contributed by atoms with Crippen molar-refractivity contribution in [2.24, 2.45) is 0 Å². The quantitative estimate of drug-likeness (QED) is 0.203. The molecule has 0 radical (unpaired) electrons. The van der Waals surface area contributed by atoms with Crippen LogP contribution in [0.5, 0.6) is 0 Å². The van der Waals surface area contributed by atoms with Crippen molar-refractivity contribution in [3.63, 3.8) is 0 Å². The SMILES string of the molecule is Cc1ccc(Sn2c(-c3cccc(-c4cccc(C(C)(C)C(=O)O)c4)c3)c(-c3ccsc3C#N)c3ccccc32)cc1. The molecule has 0 bridgehead atoms. The zero-order valence-corrected chi connectivity index (χ0v) is 25.1. The summed E-state index contributed by atoms with van der Waals surface area (Å²) in [6.45, 7) is 5.54. The van der Waals surface area contributed by atoms with E-state index in [0.717, 1.165) is 54.9 Å². The van der Waals surface area contributed by atoms with Gasteiger partial charge in [0.15, 0.2) is 0 Å². The number of fused-ring (bicyclic) bond motifs is 1. The Bertz CT molecular complexity index is 1990. The zero-order valence-electron chi connectivity index (χ0n) is 23.5. The fraction of sp³-hybridized carbons (Fsp3) is 0.111. The lowest BCUT2D eigenvalue weighted by atomic mass is 9.83. The normalized spacial score (nSPS) is 11.5. The molecule has 0 fully saturated rings. The highest BCUT2D eigenvalue weighted by atomic mass is 32.2. The van der Waals surface area contributed by atoms with Crippen LogP contribution in [0.25, 0.3) is 44.4 Å². The fourth-order valence-electron chi connectivity index (χ4n) is 5.20. The Morgan fingerprint density at radius 3 is 2.31 bits per heavy atom. The molecule has 6 rings (SSSR count). The summed E-state index contributed by atoms with van der Waals surface area (Å²) in [4.78, 5) is 13.8. The summed E-state index contributed by atoms with van der Waals surface area (Å²) < 4.78 is 2.28. The molecule has 42 heavy (non-hydrogen) atoms. The number of aliphatic carboxylic acids is 1. The number of hydrogen-bond donors (Lipinski definition) is 1. The number of benzene rings is 4. The van der Waals surface area contributed by atoms with Gasteiger partial charge in [-0.15, -0.1) is 11.3 Å². The van der Waals surface area contributed by atoms with Crippen LogP contribution in [0.4, 0.5) is 0 Å². The number of aromatic nitrogens is 1. The molecule has 0 aliphatic rings. The largest absolute Gasteiger partial charge is 0.481 e. The Balaban J connectivity index is 1.60. The summed E-state index contributed by atoms with van der Waals surface area (Å²) in [6.07, 6.45) is 0. The molecule has 0 saturated carbocycles. The maximum absolute atomic E-state index is 12.0. The van der Waals surface area contributed by atoms with E-state index in [2.05, 4.69) is 71.6 Å². The van der Waals surface area contributed by atoms with Gasteiger partial charge in [0.1, 0.15) is 10.9 Å². The Morgan fingerprint density at radius 2 is 1.57 bits per heavy atom. The second-order valence-electron chi connectivity index (χ2n) is 10.8. The van der Waals surface area contributed by atoms with Gasteiger partial charge in [0.2, 0.25) is 0 Å². The van der Waals surface area contributed by atoms with Crippen molar-refractivity contribution < 1.29 is 9.90 Å². The van der Waals surface area contributed by atoms with E-state index in [1.807, 2.05) is 53.9 Å². The third-order valence-corrected chi connectivity index (χ3v) is 9.54. The molecular formula is C36H28N2O2S2. The van der Waals surface area contributed by atoms with Crippen LogP contribution in [0.1, 0.15) is 29.9 Å². The first-order chi connectivity index (χ1) is 20.3. The predicted molar refractivity (Wildman–Crippen MR) is 174 cm³/mol. The van der Waals surface area contributed by atoms with Crippen molar-refractivity contribution in [3.8, 4) is 39.6 Å². The average Bonchev–Trinajstić information content (AvgIpc) is 3.60. The highest BCUT2D eigenvalue weighted by molar-refractivity contribution is 7.98. The predicted octanol–water partition coefficient (Wildman–Crippen LogP) is 9.80. The number of carbonyl (C=O) groups is 1. The van der Waals surface area contributed by atoms with Crippen molar-refractivity contribution in [1.82, 2.24) is 3.97 Å². The van der Waals surface area contributed by atoms with E-state index < -0.39 is 11.4 Å². The van der Waals surface area contributed by atoms with Crippen molar-refractivity contribution in [3.05, 3.63) is 125 Å². The molecule has 0 saturated heterocycles. The van der Waals surface area contributed by atoms with E-state index in [-0.39, 0.29) is 0 Å². The first kappa shape index (κ1) is 27.6. The minimum absolute atomic E-state index is 0.680. The maximum Gasteiger partial charge on any atom is 0.313 e. The number of carboxylic acids is 1. The summed E-state index contributed by atoms with van der Waals surface area (Å²) >= 11 is 3.11. The van der Waals surface area contributed by atoms with E-state index in [1.165, 1.54) is 16.9 Å². The molecule has 4 nitrogen and oxygen atoms in total. The molecule has 6 heteroatoms. The molecule has 0 aliphatic carbocycles. The van der Waals surface area contributed by atoms with Crippen LogP contribution in [-0.4, -0.2) is 15.0 Å². The molecular weight excluding hydrogens is 557 g/mol. The van der Waals surface area contributed by atoms with E-state index >= 15 is 0 Å². The van der Waals surface area contributed by atoms with Crippen molar-refractivity contribution in [2.45, 2.75) is 31.1 Å². The number of rotatable bonds is 7. The Kier molecular flexibility index (Phi) is 7.24. The summed E-state index contributed by atoms with van der Waals surface area (Å²) in [5.74, 6) is -0.861. The summed E-state index contributed by atoms with van der Waals surface area (Å²) in [6, 6.07) is 37.4. The van der Waals surface area contributed by atoms with Crippen LogP contribution >= 0.6 is 23.3 Å². The number of para-hydroxylation sites is 1. The summed E-state index contributed by atoms with van der Waals surface area (Å²) in [7, 11) is 0. The molecule has 0 amide bonds. The molecule has 206 valence electrons. The lowest BCUT2D eigenvalue weighted by molar-refractivity contribution is -0.142. The number of nitriles is 1. The standard InChI is InChI=1S/C36H28N2O2S2/c1-23-14-16-28(17-15-23)42-38-31-13-5-4-12-29(31)33(30-18-19-41-32(30)22-37)34(38)26-10-6-8-24(20-26)25-9-7-11-27(21-25)36(2,3)35(39)40/h4-21H,1-3H3,(H,39,40). The van der Waals surface area contributed by atoms with Gasteiger partial charge in [0, 0.05) is 27.0 Å². The monoisotopic (exact) mass is 584 g/mol. The first-order valence-corrected chi connectivity index (χ1v) is 15.2. The lowest BCUT2D eigenvalue weighted by Crippen LogP contribution is -2.28. The molecule has 6 aromatic rings. The zero-order chi connectivity index (χ0) is 29.4. The minimum atomic E-state index is -1.01. The summed E-state index contributed by atoms with van der Waals surface area (Å²) in [5, 5.41) is 22.9. The van der Waals surface area contributed by atoms with Gasteiger partial charge in [0.05, 0.1) is 16.6 Å². The Morgan fingerprint density at radius 1 is 0.881 bits per heavy atom. The van der Waals surface area contributed by atoms with Crippen LogP contribution in [0.15, 0.2) is 113 Å². The van der Waals surface area contributed by atoms with Crippen LogP contribution in [-0.2, 0) is 10.2 Å². The van der Waals surface area contributed by atoms with Gasteiger partial charge in [0.25, 0.3) is 0 Å². The molecule has 0 spiro atoms. The third-order valence-electron chi connectivity index (χ3n) is 7.67. The number of carboxylic acid groups (broad SMARTS) is 1. The molecule has 0 atom stereocenters. The van der Waals surface area contributed by atoms with Gasteiger partial charge in [-0.3, -0.25) is 8.77 Å². The van der Waals surface area contributed by atoms with E-state index in [4.69, 9.17) is 0 Å². The second kappa shape index (κ2) is 11.0. The fourth-order valence-corrected chi connectivity index (χ4v) is 6.90. The van der Waals surface area contributed by atoms with Gasteiger partial charge in [-0.1, -0.05) is 78.4 Å². The van der Waals surface area contributed by atoms with E-state index in [0.29, 0.717) is 4.88 Å². The molecule has 0 unspecified atom stereocenters. The molecule has 0 aliphatic heterocycles. The van der Waals surface area contributed by atoms with Gasteiger partial charge in [-0.25, -0.2) is 0 Å². The van der Waals surface area contributed by atoms with Gasteiger partial charge < -0.3 is 5.11 Å². The van der Waals surface area contributed by atoms with Gasteiger partial charge in [-0.2, -0.15) is 5.26 Å². The molecule has 2 aromatic heterocycles. The topological polar surface area (TPSA) is 66.0 Å². The highest BCUT2D eigenvalue weighted by Gasteiger charge is 2.29. The van der Waals surface area contributed by atoms with E-state index in [9.17, 15) is 15.2 Å². The van der Waals surface area contributed by atoms with E-state index in [1.54, 1.807) is 25.8 Å². The summed E-state index contributed by atoms with van der Waals surface area (Å²) in [5.41, 5.74) is 7.93.